The minimum absolute atomic E-state index is 0.0815. The van der Waals surface area contributed by atoms with Gasteiger partial charge in [-0.05, 0) is 11.4 Å². The van der Waals surface area contributed by atoms with Crippen LogP contribution in [0.2, 0.25) is 0 Å². The van der Waals surface area contributed by atoms with E-state index in [0.717, 1.165) is 9.78 Å². The van der Waals surface area contributed by atoms with Crippen molar-refractivity contribution in [2.24, 2.45) is 0 Å². The van der Waals surface area contributed by atoms with E-state index in [1.807, 2.05) is 5.38 Å². The average molecular weight is 372 g/mol. The van der Waals surface area contributed by atoms with Crippen molar-refractivity contribution in [3.8, 4) is 0 Å². The number of thiophene rings is 1. The van der Waals surface area contributed by atoms with Gasteiger partial charge in [0.25, 0.3) is 5.91 Å². The Labute approximate surface area is 142 Å². The molecule has 7 nitrogen and oxygen atoms in total. The van der Waals surface area contributed by atoms with Crippen LogP contribution in [0.15, 0.2) is 28.8 Å². The fourth-order valence-electron chi connectivity index (χ4n) is 2.75. The third kappa shape index (κ3) is 2.75. The van der Waals surface area contributed by atoms with Crippen LogP contribution in [0.25, 0.3) is 0 Å². The van der Waals surface area contributed by atoms with Crippen molar-refractivity contribution >= 4 is 39.9 Å². The fourth-order valence-corrected chi connectivity index (χ4v) is 5.12. The maximum atomic E-state index is 13.0. The molecule has 1 aromatic rings. The largest absolute Gasteiger partial charge is 0.477 e. The fraction of sp³-hybridized carbons (Fsp3) is 0.357. The maximum absolute atomic E-state index is 13.0. The molecule has 3 rings (SSSR count). The first-order chi connectivity index (χ1) is 11.4. The van der Waals surface area contributed by atoms with E-state index in [2.05, 4.69) is 5.32 Å². The number of nitrogens with zero attached hydrogens (tertiary/aromatic N) is 1. The molecular weight excluding hydrogens is 359 g/mol. The van der Waals surface area contributed by atoms with E-state index < -0.39 is 52.4 Å². The van der Waals surface area contributed by atoms with E-state index in [4.69, 9.17) is 0 Å². The van der Waals surface area contributed by atoms with E-state index in [0.29, 0.717) is 0 Å². The van der Waals surface area contributed by atoms with Gasteiger partial charge in [-0.2, -0.15) is 0 Å². The van der Waals surface area contributed by atoms with E-state index >= 15 is 0 Å². The van der Waals surface area contributed by atoms with E-state index in [1.54, 1.807) is 12.1 Å². The molecule has 10 heteroatoms. The van der Waals surface area contributed by atoms with Gasteiger partial charge in [-0.15, -0.1) is 11.3 Å². The van der Waals surface area contributed by atoms with E-state index in [1.165, 1.54) is 11.3 Å². The Morgan fingerprint density at radius 3 is 2.83 bits per heavy atom. The highest BCUT2D eigenvalue weighted by Crippen LogP contribution is 2.35. The summed E-state index contributed by atoms with van der Waals surface area (Å²) in [6.45, 7) is -1.08. The first-order valence-corrected chi connectivity index (χ1v) is 9.23. The Kier molecular flexibility index (Phi) is 4.50. The molecule has 2 amide bonds. The van der Waals surface area contributed by atoms with Crippen LogP contribution in [0.4, 0.5) is 4.39 Å². The second-order valence-corrected chi connectivity index (χ2v) is 7.88. The van der Waals surface area contributed by atoms with Crippen LogP contribution < -0.4 is 5.32 Å². The zero-order valence-corrected chi connectivity index (χ0v) is 13.9. The molecule has 24 heavy (non-hydrogen) atoms. The predicted molar refractivity (Wildman–Crippen MR) is 84.2 cm³/mol. The van der Waals surface area contributed by atoms with Gasteiger partial charge in [0.1, 0.15) is 23.8 Å². The summed E-state index contributed by atoms with van der Waals surface area (Å²) in [5, 5.41) is 12.6. The lowest BCUT2D eigenvalue weighted by Gasteiger charge is -2.48. The van der Waals surface area contributed by atoms with Crippen LogP contribution >= 0.6 is 11.3 Å². The first-order valence-electron chi connectivity index (χ1n) is 6.97. The number of carboxylic acid groups (broad SMARTS) is 1. The van der Waals surface area contributed by atoms with Gasteiger partial charge in [0.15, 0.2) is 0 Å². The van der Waals surface area contributed by atoms with Gasteiger partial charge in [0.05, 0.1) is 23.0 Å². The molecule has 0 aromatic carbocycles. The van der Waals surface area contributed by atoms with Crippen molar-refractivity contribution in [1.82, 2.24) is 10.2 Å². The van der Waals surface area contributed by atoms with Crippen LogP contribution in [0, 0.1) is 0 Å². The number of carboxylic acids is 1. The Balaban J connectivity index is 1.77. The van der Waals surface area contributed by atoms with Crippen molar-refractivity contribution in [3.05, 3.63) is 33.7 Å². The standard InChI is InChI=1S/C14H13FN2O5S2/c15-5-7-6-24(22)13-10(12(19)17(13)11(7)14(20)21)16-9(18)4-8-2-1-3-23-8/h1-3,10,13H,4-6H2,(H,16,18)(H,20,21)/t10?,13-,24?/m1/s1. The van der Waals surface area contributed by atoms with Crippen molar-refractivity contribution in [1.29, 1.82) is 0 Å². The molecule has 1 fully saturated rings. The predicted octanol–water partition coefficient (Wildman–Crippen LogP) is 0.0142. The molecule has 1 saturated heterocycles. The third-order valence-electron chi connectivity index (χ3n) is 3.80. The minimum Gasteiger partial charge on any atom is -0.477 e. The van der Waals surface area contributed by atoms with Crippen molar-refractivity contribution in [3.63, 3.8) is 0 Å². The van der Waals surface area contributed by atoms with E-state index in [9.17, 15) is 28.1 Å². The number of halogens is 1. The summed E-state index contributed by atoms with van der Waals surface area (Å²) >= 11 is 1.39. The Morgan fingerprint density at radius 2 is 2.25 bits per heavy atom. The summed E-state index contributed by atoms with van der Waals surface area (Å²) in [7, 11) is -1.67. The first kappa shape index (κ1) is 16.8. The molecule has 0 saturated carbocycles. The monoisotopic (exact) mass is 372 g/mol. The Morgan fingerprint density at radius 1 is 1.50 bits per heavy atom. The number of hydrogen-bond acceptors (Lipinski definition) is 5. The Bertz CT molecular complexity index is 761. The van der Waals surface area contributed by atoms with E-state index in [-0.39, 0.29) is 17.7 Å². The second-order valence-electron chi connectivity index (χ2n) is 5.32. The number of carbonyl (C=O) groups excluding carboxylic acids is 2. The highest BCUT2D eigenvalue weighted by molar-refractivity contribution is 7.86. The van der Waals surface area contributed by atoms with Crippen molar-refractivity contribution in [2.75, 3.05) is 12.4 Å². The zero-order chi connectivity index (χ0) is 17.4. The van der Waals surface area contributed by atoms with Gasteiger partial charge in [-0.3, -0.25) is 18.7 Å². The lowest BCUT2D eigenvalue weighted by molar-refractivity contribution is -0.150. The van der Waals surface area contributed by atoms with Crippen LogP contribution in [-0.4, -0.2) is 55.8 Å². The Hall–Kier alpha value is -2.07. The van der Waals surface area contributed by atoms with Gasteiger partial charge in [-0.1, -0.05) is 6.07 Å². The van der Waals surface area contributed by atoms with Gasteiger partial charge < -0.3 is 10.4 Å². The molecule has 2 aliphatic rings. The normalized spacial score (nSPS) is 26.0. The number of hydrogen-bond donors (Lipinski definition) is 2. The van der Waals surface area contributed by atoms with Gasteiger partial charge in [-0.25, -0.2) is 9.18 Å². The number of β-lactam (4-membered cyclic amide) rings is 1. The molecule has 3 atom stereocenters. The number of nitrogens with one attached hydrogen (secondary N) is 1. The number of rotatable bonds is 5. The number of aliphatic carboxylic acids is 1. The molecule has 0 radical (unpaired) electrons. The summed E-state index contributed by atoms with van der Waals surface area (Å²) in [5.41, 5.74) is -0.635. The second kappa shape index (κ2) is 6.44. The van der Waals surface area contributed by atoms with Crippen LogP contribution in [-0.2, 0) is 31.6 Å². The summed E-state index contributed by atoms with van der Waals surface area (Å²) in [6.07, 6.45) is 0.0815. The zero-order valence-electron chi connectivity index (χ0n) is 12.2. The van der Waals surface area contributed by atoms with Crippen molar-refractivity contribution < 1.29 is 28.1 Å². The minimum atomic E-state index is -1.67. The third-order valence-corrected chi connectivity index (χ3v) is 6.33. The molecular formula is C14H13FN2O5S2. The van der Waals surface area contributed by atoms with Crippen LogP contribution in [0.3, 0.4) is 0 Å². The average Bonchev–Trinajstić information content (AvgIpc) is 3.04. The number of fused-ring (bicyclic) bond motifs is 1. The van der Waals surface area contributed by atoms with Crippen molar-refractivity contribution in [2.45, 2.75) is 17.8 Å². The number of alkyl halides is 1. The molecule has 0 bridgehead atoms. The maximum Gasteiger partial charge on any atom is 0.352 e. The molecule has 2 N–H and O–H groups in total. The molecule has 128 valence electrons. The highest BCUT2D eigenvalue weighted by atomic mass is 32.2. The van der Waals surface area contributed by atoms with Gasteiger partial charge >= 0.3 is 5.97 Å². The van der Waals surface area contributed by atoms with Crippen LogP contribution in [0.1, 0.15) is 4.88 Å². The quantitative estimate of drug-likeness (QED) is 0.709. The molecule has 2 unspecified atom stereocenters. The SMILES string of the molecule is O=C(Cc1cccs1)NC1C(=O)N2C(C(=O)O)=C(CF)CS(=O)[C@H]12. The lowest BCUT2D eigenvalue weighted by atomic mass is 10.0. The van der Waals surface area contributed by atoms with Crippen LogP contribution in [0.5, 0.6) is 0 Å². The lowest BCUT2D eigenvalue weighted by Crippen LogP contribution is -2.73. The molecule has 0 aliphatic carbocycles. The molecule has 1 aromatic heterocycles. The summed E-state index contributed by atoms with van der Waals surface area (Å²) in [4.78, 5) is 37.2. The molecule has 0 spiro atoms. The highest BCUT2D eigenvalue weighted by Gasteiger charge is 2.57. The summed E-state index contributed by atoms with van der Waals surface area (Å²) in [5.74, 6) is -2.80. The number of amides is 2. The molecule has 2 aliphatic heterocycles. The summed E-state index contributed by atoms with van der Waals surface area (Å²) in [6, 6.07) is 2.52. The van der Waals surface area contributed by atoms with Gasteiger partial charge in [0.2, 0.25) is 5.91 Å². The van der Waals surface area contributed by atoms with Gasteiger partial charge in [0, 0.05) is 10.5 Å². The number of carbonyl (C=O) groups is 3. The topological polar surface area (TPSA) is 104 Å². The summed E-state index contributed by atoms with van der Waals surface area (Å²) < 4.78 is 25.2. The smallest absolute Gasteiger partial charge is 0.352 e. The molecule has 3 heterocycles.